The summed E-state index contributed by atoms with van der Waals surface area (Å²) >= 11 is 0. The molecule has 0 radical (unpaired) electrons. The molecule has 4 nitrogen and oxygen atoms in total. The van der Waals surface area contributed by atoms with Crippen molar-refractivity contribution in [3.05, 3.63) is 24.0 Å². The number of rotatable bonds is 4. The van der Waals surface area contributed by atoms with E-state index >= 15 is 0 Å². The standard InChI is InChI=1S/C12H13F2NO3/c13-12(14)3-1-8(5-12)7-18-10-6-15-4-2-9(10)11(16)17/h2,4,6,8H,1,3,5,7H2,(H,16,17). The van der Waals surface area contributed by atoms with E-state index in [9.17, 15) is 13.6 Å². The topological polar surface area (TPSA) is 59.4 Å². The maximum atomic E-state index is 13.0. The number of pyridine rings is 1. The van der Waals surface area contributed by atoms with Gasteiger partial charge in [0.2, 0.25) is 5.92 Å². The summed E-state index contributed by atoms with van der Waals surface area (Å²) in [5, 5.41) is 8.91. The van der Waals surface area contributed by atoms with Crippen molar-refractivity contribution in [1.82, 2.24) is 4.98 Å². The van der Waals surface area contributed by atoms with Crippen LogP contribution in [-0.4, -0.2) is 28.6 Å². The molecule has 0 amide bonds. The third-order valence-electron chi connectivity index (χ3n) is 3.00. The summed E-state index contributed by atoms with van der Waals surface area (Å²) in [6.45, 7) is 0.0988. The number of hydrogen-bond donors (Lipinski definition) is 1. The van der Waals surface area contributed by atoms with Crippen molar-refractivity contribution in [1.29, 1.82) is 0 Å². The normalized spacial score (nSPS) is 21.8. The second-order valence-corrected chi connectivity index (χ2v) is 4.45. The Morgan fingerprint density at radius 3 is 3.00 bits per heavy atom. The average molecular weight is 257 g/mol. The molecule has 0 aromatic carbocycles. The number of alkyl halides is 2. The molecular weight excluding hydrogens is 244 g/mol. The first-order valence-electron chi connectivity index (χ1n) is 5.66. The van der Waals surface area contributed by atoms with Crippen molar-refractivity contribution in [2.75, 3.05) is 6.61 Å². The van der Waals surface area contributed by atoms with Gasteiger partial charge >= 0.3 is 5.97 Å². The van der Waals surface area contributed by atoms with E-state index in [1.54, 1.807) is 0 Å². The van der Waals surface area contributed by atoms with Gasteiger partial charge in [-0.25, -0.2) is 13.6 Å². The van der Waals surface area contributed by atoms with Gasteiger partial charge in [0, 0.05) is 19.0 Å². The predicted molar refractivity (Wildman–Crippen MR) is 59.0 cm³/mol. The monoisotopic (exact) mass is 257 g/mol. The van der Waals surface area contributed by atoms with E-state index in [0.717, 1.165) is 0 Å². The Balaban J connectivity index is 1.97. The SMILES string of the molecule is O=C(O)c1ccncc1OCC1CCC(F)(F)C1. The quantitative estimate of drug-likeness (QED) is 0.900. The predicted octanol–water partition coefficient (Wildman–Crippen LogP) is 2.59. The summed E-state index contributed by atoms with van der Waals surface area (Å²) in [5.74, 6) is -3.84. The Labute approximate surface area is 103 Å². The lowest BCUT2D eigenvalue weighted by molar-refractivity contribution is 0.00284. The molecule has 0 bridgehead atoms. The molecule has 6 heteroatoms. The van der Waals surface area contributed by atoms with Gasteiger partial charge < -0.3 is 9.84 Å². The molecule has 1 atom stereocenters. The van der Waals surface area contributed by atoms with Gasteiger partial charge in [0.25, 0.3) is 0 Å². The number of halogens is 2. The lowest BCUT2D eigenvalue weighted by Crippen LogP contribution is -2.15. The molecule has 1 heterocycles. The number of carboxylic acids is 1. The van der Waals surface area contributed by atoms with Crippen LogP contribution in [0.3, 0.4) is 0 Å². The zero-order valence-corrected chi connectivity index (χ0v) is 9.60. The van der Waals surface area contributed by atoms with Gasteiger partial charge in [0.05, 0.1) is 12.8 Å². The molecule has 1 N–H and O–H groups in total. The molecule has 18 heavy (non-hydrogen) atoms. The molecule has 2 rings (SSSR count). The molecule has 1 aromatic rings. The lowest BCUT2D eigenvalue weighted by Gasteiger charge is -2.13. The average Bonchev–Trinajstić information content (AvgIpc) is 2.66. The maximum Gasteiger partial charge on any atom is 0.339 e. The van der Waals surface area contributed by atoms with Gasteiger partial charge in [0.1, 0.15) is 5.56 Å². The second-order valence-electron chi connectivity index (χ2n) is 4.45. The van der Waals surface area contributed by atoms with Crippen LogP contribution in [-0.2, 0) is 0 Å². The molecule has 1 aliphatic carbocycles. The summed E-state index contributed by atoms with van der Waals surface area (Å²) in [6.07, 6.45) is 2.71. The highest BCUT2D eigenvalue weighted by Gasteiger charge is 2.39. The number of nitrogens with zero attached hydrogens (tertiary/aromatic N) is 1. The summed E-state index contributed by atoms with van der Waals surface area (Å²) in [5.41, 5.74) is -0.00485. The molecule has 0 saturated heterocycles. The Bertz CT molecular complexity index is 451. The van der Waals surface area contributed by atoms with Gasteiger partial charge in [-0.05, 0) is 18.4 Å². The minimum absolute atomic E-state index is 0.00485. The third kappa shape index (κ3) is 2.94. The first-order chi connectivity index (χ1) is 8.48. The number of aromatic nitrogens is 1. The van der Waals surface area contributed by atoms with E-state index < -0.39 is 11.9 Å². The Morgan fingerprint density at radius 2 is 2.39 bits per heavy atom. The van der Waals surface area contributed by atoms with Crippen LogP contribution in [0.1, 0.15) is 29.6 Å². The number of carboxylic acid groups (broad SMARTS) is 1. The molecule has 1 unspecified atom stereocenters. The van der Waals surface area contributed by atoms with E-state index in [2.05, 4.69) is 4.98 Å². The molecule has 1 aromatic heterocycles. The van der Waals surface area contributed by atoms with Crippen LogP contribution in [0.25, 0.3) is 0 Å². The van der Waals surface area contributed by atoms with Crippen molar-refractivity contribution < 1.29 is 23.4 Å². The van der Waals surface area contributed by atoms with Crippen LogP contribution in [0.2, 0.25) is 0 Å². The van der Waals surface area contributed by atoms with E-state index in [1.165, 1.54) is 18.5 Å². The van der Waals surface area contributed by atoms with Crippen LogP contribution in [0.15, 0.2) is 18.5 Å². The third-order valence-corrected chi connectivity index (χ3v) is 3.00. The van der Waals surface area contributed by atoms with Crippen molar-refractivity contribution in [2.45, 2.75) is 25.2 Å². The molecular formula is C12H13F2NO3. The minimum Gasteiger partial charge on any atom is -0.491 e. The van der Waals surface area contributed by atoms with Gasteiger partial charge in [-0.3, -0.25) is 4.98 Å². The number of ether oxygens (including phenoxy) is 1. The maximum absolute atomic E-state index is 13.0. The fourth-order valence-corrected chi connectivity index (χ4v) is 2.06. The van der Waals surface area contributed by atoms with Gasteiger partial charge in [0.15, 0.2) is 5.75 Å². The molecule has 1 aliphatic rings. The van der Waals surface area contributed by atoms with E-state index in [4.69, 9.17) is 9.84 Å². The highest BCUT2D eigenvalue weighted by Crippen LogP contribution is 2.39. The van der Waals surface area contributed by atoms with Crippen LogP contribution in [0.5, 0.6) is 5.75 Å². The van der Waals surface area contributed by atoms with Gasteiger partial charge in [-0.2, -0.15) is 0 Å². The van der Waals surface area contributed by atoms with E-state index in [0.29, 0.717) is 6.42 Å². The number of carbonyl (C=O) groups is 1. The van der Waals surface area contributed by atoms with Crippen molar-refractivity contribution >= 4 is 5.97 Å². The molecule has 1 fully saturated rings. The largest absolute Gasteiger partial charge is 0.491 e. The first kappa shape index (κ1) is 12.7. The molecule has 0 spiro atoms. The van der Waals surface area contributed by atoms with Crippen LogP contribution < -0.4 is 4.74 Å². The van der Waals surface area contributed by atoms with Gasteiger partial charge in [-0.15, -0.1) is 0 Å². The van der Waals surface area contributed by atoms with Crippen LogP contribution in [0.4, 0.5) is 8.78 Å². The highest BCUT2D eigenvalue weighted by atomic mass is 19.3. The van der Waals surface area contributed by atoms with Crippen molar-refractivity contribution in [3.8, 4) is 5.75 Å². The molecule has 98 valence electrons. The second kappa shape index (κ2) is 4.88. The smallest absolute Gasteiger partial charge is 0.339 e. The first-order valence-corrected chi connectivity index (χ1v) is 5.66. The van der Waals surface area contributed by atoms with E-state index in [-0.39, 0.29) is 36.7 Å². The summed E-state index contributed by atoms with van der Waals surface area (Å²) < 4.78 is 31.2. The Morgan fingerprint density at radius 1 is 1.61 bits per heavy atom. The number of hydrogen-bond acceptors (Lipinski definition) is 3. The van der Waals surface area contributed by atoms with Gasteiger partial charge in [-0.1, -0.05) is 0 Å². The highest BCUT2D eigenvalue weighted by molar-refractivity contribution is 5.90. The Kier molecular flexibility index (Phi) is 3.45. The lowest BCUT2D eigenvalue weighted by atomic mass is 10.1. The van der Waals surface area contributed by atoms with Crippen LogP contribution >= 0.6 is 0 Å². The fourth-order valence-electron chi connectivity index (χ4n) is 2.06. The fraction of sp³-hybridized carbons (Fsp3) is 0.500. The van der Waals surface area contributed by atoms with Crippen molar-refractivity contribution in [2.24, 2.45) is 5.92 Å². The minimum atomic E-state index is -2.61. The zero-order valence-electron chi connectivity index (χ0n) is 9.60. The molecule has 1 saturated carbocycles. The van der Waals surface area contributed by atoms with E-state index in [1.807, 2.05) is 0 Å². The molecule has 0 aliphatic heterocycles. The summed E-state index contributed by atoms with van der Waals surface area (Å²) in [6, 6.07) is 1.32. The summed E-state index contributed by atoms with van der Waals surface area (Å²) in [7, 11) is 0. The van der Waals surface area contributed by atoms with Crippen LogP contribution in [0, 0.1) is 5.92 Å². The Hall–Kier alpha value is -1.72. The zero-order chi connectivity index (χ0) is 13.2. The number of aromatic carboxylic acids is 1. The van der Waals surface area contributed by atoms with Crippen molar-refractivity contribution in [3.63, 3.8) is 0 Å². The summed E-state index contributed by atoms with van der Waals surface area (Å²) in [4.78, 5) is 14.7.